The number of carbonyl (C=O) groups is 1. The van der Waals surface area contributed by atoms with Gasteiger partial charge in [-0.2, -0.15) is 0 Å². The predicted octanol–water partition coefficient (Wildman–Crippen LogP) is 3.69. The second-order valence-electron chi connectivity index (χ2n) is 6.57. The first kappa shape index (κ1) is 16.6. The number of hydrogen-bond acceptors (Lipinski definition) is 2. The highest BCUT2D eigenvalue weighted by Crippen LogP contribution is 2.25. The van der Waals surface area contributed by atoms with E-state index in [9.17, 15) is 4.79 Å². The zero-order valence-electron chi connectivity index (χ0n) is 14.3. The van der Waals surface area contributed by atoms with Crippen molar-refractivity contribution in [1.82, 2.24) is 5.32 Å². The summed E-state index contributed by atoms with van der Waals surface area (Å²) in [7, 11) is 0. The van der Waals surface area contributed by atoms with Crippen LogP contribution in [0.5, 0.6) is 5.75 Å². The Kier molecular flexibility index (Phi) is 5.52. The van der Waals surface area contributed by atoms with E-state index in [0.29, 0.717) is 0 Å². The molecule has 1 aliphatic carbocycles. The molecule has 3 rings (SSSR count). The minimum Gasteiger partial charge on any atom is -0.484 e. The van der Waals surface area contributed by atoms with Crippen LogP contribution in [-0.4, -0.2) is 18.6 Å². The van der Waals surface area contributed by atoms with Crippen molar-refractivity contribution in [1.29, 1.82) is 0 Å². The molecule has 0 unspecified atom stereocenters. The first-order chi connectivity index (χ1) is 11.7. The molecule has 0 spiro atoms. The highest BCUT2D eigenvalue weighted by atomic mass is 16.5. The molecule has 1 atom stereocenters. The Labute approximate surface area is 144 Å². The number of carbonyl (C=O) groups excluding carboxylic acids is 1. The fourth-order valence-electron chi connectivity index (χ4n) is 3.20. The van der Waals surface area contributed by atoms with E-state index in [2.05, 4.69) is 29.6 Å². The molecule has 2 aromatic carbocycles. The van der Waals surface area contributed by atoms with Crippen LogP contribution in [-0.2, 0) is 24.1 Å². The first-order valence-corrected chi connectivity index (χ1v) is 8.78. The quantitative estimate of drug-likeness (QED) is 0.844. The van der Waals surface area contributed by atoms with Gasteiger partial charge >= 0.3 is 0 Å². The number of fused-ring (bicyclic) bond motifs is 1. The van der Waals surface area contributed by atoms with Crippen molar-refractivity contribution in [2.45, 2.75) is 45.1 Å². The number of benzene rings is 2. The van der Waals surface area contributed by atoms with Crippen molar-refractivity contribution < 1.29 is 9.53 Å². The minimum absolute atomic E-state index is 0.0592. The van der Waals surface area contributed by atoms with Crippen molar-refractivity contribution in [2.75, 3.05) is 6.61 Å². The van der Waals surface area contributed by atoms with E-state index in [4.69, 9.17) is 4.74 Å². The lowest BCUT2D eigenvalue weighted by molar-refractivity contribution is -0.123. The molecule has 126 valence electrons. The largest absolute Gasteiger partial charge is 0.484 e. The molecule has 1 amide bonds. The lowest BCUT2D eigenvalue weighted by atomic mass is 10.1. The van der Waals surface area contributed by atoms with Crippen LogP contribution in [0.4, 0.5) is 0 Å². The number of nitrogens with one attached hydrogen (secondary N) is 1. The summed E-state index contributed by atoms with van der Waals surface area (Å²) < 4.78 is 5.64. The summed E-state index contributed by atoms with van der Waals surface area (Å²) in [5, 5.41) is 3.01. The predicted molar refractivity (Wildman–Crippen MR) is 96.3 cm³/mol. The number of aryl methyl sites for hydroxylation is 3. The summed E-state index contributed by atoms with van der Waals surface area (Å²) in [6, 6.07) is 16.7. The van der Waals surface area contributed by atoms with Crippen molar-refractivity contribution in [3.8, 4) is 5.75 Å². The lowest BCUT2D eigenvalue weighted by Crippen LogP contribution is -2.36. The Hall–Kier alpha value is -2.29. The lowest BCUT2D eigenvalue weighted by Gasteiger charge is -2.14. The Morgan fingerprint density at radius 3 is 2.75 bits per heavy atom. The average Bonchev–Trinajstić information content (AvgIpc) is 3.07. The fourth-order valence-corrected chi connectivity index (χ4v) is 3.20. The molecule has 1 aliphatic rings. The minimum atomic E-state index is -0.0592. The maximum Gasteiger partial charge on any atom is 0.258 e. The van der Waals surface area contributed by atoms with Gasteiger partial charge < -0.3 is 10.1 Å². The number of hydrogen-bond donors (Lipinski definition) is 1. The van der Waals surface area contributed by atoms with Gasteiger partial charge in [0.25, 0.3) is 5.91 Å². The van der Waals surface area contributed by atoms with Crippen molar-refractivity contribution in [2.24, 2.45) is 0 Å². The third-order valence-electron chi connectivity index (χ3n) is 4.56. The van der Waals surface area contributed by atoms with Gasteiger partial charge in [0.05, 0.1) is 0 Å². The van der Waals surface area contributed by atoms with Crippen molar-refractivity contribution >= 4 is 5.91 Å². The molecule has 0 saturated carbocycles. The van der Waals surface area contributed by atoms with Crippen molar-refractivity contribution in [3.05, 3.63) is 65.2 Å². The molecule has 24 heavy (non-hydrogen) atoms. The summed E-state index contributed by atoms with van der Waals surface area (Å²) in [4.78, 5) is 12.0. The van der Waals surface area contributed by atoms with E-state index >= 15 is 0 Å². The molecule has 0 radical (unpaired) electrons. The zero-order chi connectivity index (χ0) is 16.8. The number of rotatable bonds is 7. The smallest absolute Gasteiger partial charge is 0.258 e. The van der Waals surface area contributed by atoms with Gasteiger partial charge in [-0.15, -0.1) is 0 Å². The van der Waals surface area contributed by atoms with E-state index in [-0.39, 0.29) is 18.6 Å². The SMILES string of the molecule is C[C@H](CCc1ccccc1)NC(=O)COc1ccc2c(c1)CCC2. The second-order valence-corrected chi connectivity index (χ2v) is 6.57. The van der Waals surface area contributed by atoms with Gasteiger partial charge in [-0.1, -0.05) is 36.4 Å². The van der Waals surface area contributed by atoms with Crippen LogP contribution in [0.3, 0.4) is 0 Å². The molecule has 0 aromatic heterocycles. The topological polar surface area (TPSA) is 38.3 Å². The molecule has 3 heteroatoms. The summed E-state index contributed by atoms with van der Waals surface area (Å²) in [5.74, 6) is 0.735. The molecular formula is C21H25NO2. The Morgan fingerprint density at radius 2 is 1.92 bits per heavy atom. The van der Waals surface area contributed by atoms with Gasteiger partial charge in [0.15, 0.2) is 6.61 Å². The molecular weight excluding hydrogens is 298 g/mol. The van der Waals surface area contributed by atoms with E-state index in [1.807, 2.05) is 31.2 Å². The van der Waals surface area contributed by atoms with E-state index in [1.54, 1.807) is 0 Å². The maximum atomic E-state index is 12.0. The number of ether oxygens (including phenoxy) is 1. The maximum absolute atomic E-state index is 12.0. The highest BCUT2D eigenvalue weighted by molar-refractivity contribution is 5.77. The van der Waals surface area contributed by atoms with Crippen LogP contribution in [0.1, 0.15) is 36.5 Å². The molecule has 0 saturated heterocycles. The number of amides is 1. The fraction of sp³-hybridized carbons (Fsp3) is 0.381. The third kappa shape index (κ3) is 4.60. The van der Waals surface area contributed by atoms with E-state index in [1.165, 1.54) is 23.1 Å². The van der Waals surface area contributed by atoms with Crippen LogP contribution in [0.2, 0.25) is 0 Å². The Balaban J connectivity index is 1.40. The molecule has 0 aliphatic heterocycles. The molecule has 2 aromatic rings. The average molecular weight is 323 g/mol. The monoisotopic (exact) mass is 323 g/mol. The molecule has 3 nitrogen and oxygen atoms in total. The van der Waals surface area contributed by atoms with Gasteiger partial charge in [0.2, 0.25) is 0 Å². The van der Waals surface area contributed by atoms with Gasteiger partial charge in [-0.3, -0.25) is 4.79 Å². The van der Waals surface area contributed by atoms with Crippen LogP contribution >= 0.6 is 0 Å². The molecule has 0 fully saturated rings. The van der Waals surface area contributed by atoms with Gasteiger partial charge in [-0.25, -0.2) is 0 Å². The van der Waals surface area contributed by atoms with Crippen LogP contribution in [0.15, 0.2) is 48.5 Å². The Morgan fingerprint density at radius 1 is 1.12 bits per heavy atom. The highest BCUT2D eigenvalue weighted by Gasteiger charge is 2.12. The van der Waals surface area contributed by atoms with Gasteiger partial charge in [0.1, 0.15) is 5.75 Å². The summed E-state index contributed by atoms with van der Waals surface area (Å²) in [5.41, 5.74) is 4.08. The Bertz CT molecular complexity index is 681. The summed E-state index contributed by atoms with van der Waals surface area (Å²) in [6.07, 6.45) is 5.39. The van der Waals surface area contributed by atoms with Crippen LogP contribution in [0.25, 0.3) is 0 Å². The van der Waals surface area contributed by atoms with Gasteiger partial charge in [-0.05, 0) is 67.9 Å². The van der Waals surface area contributed by atoms with Gasteiger partial charge in [0, 0.05) is 6.04 Å². The van der Waals surface area contributed by atoms with E-state index < -0.39 is 0 Å². The first-order valence-electron chi connectivity index (χ1n) is 8.78. The van der Waals surface area contributed by atoms with E-state index in [0.717, 1.165) is 31.4 Å². The third-order valence-corrected chi connectivity index (χ3v) is 4.56. The van der Waals surface area contributed by atoms with Crippen LogP contribution < -0.4 is 10.1 Å². The summed E-state index contributed by atoms with van der Waals surface area (Å²) >= 11 is 0. The molecule has 1 N–H and O–H groups in total. The summed E-state index contributed by atoms with van der Waals surface area (Å²) in [6.45, 7) is 2.12. The zero-order valence-corrected chi connectivity index (χ0v) is 14.3. The molecule has 0 bridgehead atoms. The normalized spacial score (nSPS) is 14.0. The second kappa shape index (κ2) is 8.00. The van der Waals surface area contributed by atoms with Crippen LogP contribution in [0, 0.1) is 0 Å². The molecule has 0 heterocycles. The van der Waals surface area contributed by atoms with Crippen molar-refractivity contribution in [3.63, 3.8) is 0 Å². The standard InChI is InChI=1S/C21H25NO2/c1-16(10-11-17-6-3-2-4-7-17)22-21(23)15-24-20-13-12-18-8-5-9-19(18)14-20/h2-4,6-7,12-14,16H,5,8-11,15H2,1H3,(H,22,23)/t16-/m1/s1.